The molecule has 1 aliphatic rings. The molecule has 0 unspecified atom stereocenters. The molecular formula is C21H24ClNO4. The number of halogens is 1. The third-order valence-corrected chi connectivity index (χ3v) is 4.96. The third kappa shape index (κ3) is 5.01. The molecule has 144 valence electrons. The number of fused-ring (bicyclic) bond motifs is 1. The fourth-order valence-corrected chi connectivity index (χ4v) is 3.56. The minimum absolute atomic E-state index is 0.192. The number of carbonyl (C=O) groups is 1. The summed E-state index contributed by atoms with van der Waals surface area (Å²) in [5.74, 6) is 0.616. The Bertz CT molecular complexity index is 804. The van der Waals surface area contributed by atoms with E-state index in [9.17, 15) is 4.79 Å². The average molecular weight is 390 g/mol. The molecule has 1 aliphatic heterocycles. The summed E-state index contributed by atoms with van der Waals surface area (Å²) in [5, 5.41) is 21.4. The third-order valence-electron chi connectivity index (χ3n) is 4.71. The van der Waals surface area contributed by atoms with Gasteiger partial charge in [0, 0.05) is 17.9 Å². The van der Waals surface area contributed by atoms with Crippen molar-refractivity contribution in [3.63, 3.8) is 0 Å². The number of hydrogen-bond donors (Lipinski definition) is 3. The zero-order chi connectivity index (χ0) is 19.4. The van der Waals surface area contributed by atoms with Crippen molar-refractivity contribution in [2.75, 3.05) is 13.2 Å². The lowest BCUT2D eigenvalue weighted by Crippen LogP contribution is -2.40. The number of rotatable bonds is 7. The molecule has 0 fully saturated rings. The van der Waals surface area contributed by atoms with Crippen LogP contribution in [0.5, 0.6) is 5.75 Å². The highest BCUT2D eigenvalue weighted by molar-refractivity contribution is 6.30. The Balaban J connectivity index is 1.65. The number of ether oxygens (including phenoxy) is 1. The van der Waals surface area contributed by atoms with Gasteiger partial charge in [-0.3, -0.25) is 4.79 Å². The Morgan fingerprint density at radius 1 is 1.19 bits per heavy atom. The van der Waals surface area contributed by atoms with E-state index >= 15 is 0 Å². The monoisotopic (exact) mass is 389 g/mol. The highest BCUT2D eigenvalue weighted by Crippen LogP contribution is 2.37. The van der Waals surface area contributed by atoms with Gasteiger partial charge in [-0.2, -0.15) is 0 Å². The fraction of sp³-hybridized carbons (Fsp3) is 0.381. The number of carbonyl (C=O) groups excluding carboxylic acids is 1. The summed E-state index contributed by atoms with van der Waals surface area (Å²) in [6.07, 6.45) is 1.72. The van der Waals surface area contributed by atoms with Crippen molar-refractivity contribution in [2.24, 2.45) is 0 Å². The second-order valence-corrected chi connectivity index (χ2v) is 7.72. The molecule has 0 saturated heterocycles. The molecule has 2 aromatic carbocycles. The standard InChI is InChI=1S/C21H24ClNO4/c1-21(10-14-2-5-17(22)6-3-14)11-16-8-15(4-7-19(16)27-21)9-20(26)23-18(12-24)13-25/h2-8,18,24-25H,9-13H2,1H3,(H,23,26)/t21-/m1/s1. The average Bonchev–Trinajstić information content (AvgIpc) is 2.96. The Morgan fingerprint density at radius 2 is 1.85 bits per heavy atom. The first-order chi connectivity index (χ1) is 12.9. The van der Waals surface area contributed by atoms with E-state index in [4.69, 9.17) is 26.6 Å². The zero-order valence-electron chi connectivity index (χ0n) is 15.2. The van der Waals surface area contributed by atoms with Gasteiger partial charge in [-0.25, -0.2) is 0 Å². The van der Waals surface area contributed by atoms with Crippen LogP contribution in [0.25, 0.3) is 0 Å². The van der Waals surface area contributed by atoms with Crippen molar-refractivity contribution < 1.29 is 19.7 Å². The minimum atomic E-state index is -0.627. The number of aliphatic hydroxyl groups excluding tert-OH is 2. The van der Waals surface area contributed by atoms with Gasteiger partial charge >= 0.3 is 0 Å². The van der Waals surface area contributed by atoms with Crippen molar-refractivity contribution >= 4 is 17.5 Å². The lowest BCUT2D eigenvalue weighted by atomic mass is 9.91. The van der Waals surface area contributed by atoms with Crippen molar-refractivity contribution in [3.05, 3.63) is 64.2 Å². The molecule has 6 heteroatoms. The van der Waals surface area contributed by atoms with E-state index in [1.165, 1.54) is 0 Å². The summed E-state index contributed by atoms with van der Waals surface area (Å²) in [4.78, 5) is 12.1. The number of nitrogens with one attached hydrogen (secondary N) is 1. The van der Waals surface area contributed by atoms with Crippen LogP contribution in [0.15, 0.2) is 42.5 Å². The van der Waals surface area contributed by atoms with E-state index in [2.05, 4.69) is 12.2 Å². The lowest BCUT2D eigenvalue weighted by Gasteiger charge is -2.24. The van der Waals surface area contributed by atoms with E-state index in [1.807, 2.05) is 42.5 Å². The molecule has 0 saturated carbocycles. The fourth-order valence-electron chi connectivity index (χ4n) is 3.43. The van der Waals surface area contributed by atoms with E-state index in [-0.39, 0.29) is 31.1 Å². The molecule has 3 rings (SSSR count). The van der Waals surface area contributed by atoms with E-state index in [0.29, 0.717) is 5.02 Å². The highest BCUT2D eigenvalue weighted by atomic mass is 35.5. The molecule has 1 atom stereocenters. The SMILES string of the molecule is C[C@@]1(Cc2ccc(Cl)cc2)Cc2cc(CC(=O)NC(CO)CO)ccc2O1. The topological polar surface area (TPSA) is 78.8 Å². The van der Waals surface area contributed by atoms with E-state index in [1.54, 1.807) is 0 Å². The van der Waals surface area contributed by atoms with Crippen LogP contribution in [0, 0.1) is 0 Å². The van der Waals surface area contributed by atoms with Crippen LogP contribution < -0.4 is 10.1 Å². The van der Waals surface area contributed by atoms with E-state index in [0.717, 1.165) is 35.3 Å². The van der Waals surface area contributed by atoms with Gasteiger partial charge in [0.25, 0.3) is 0 Å². The van der Waals surface area contributed by atoms with Gasteiger partial charge in [-0.15, -0.1) is 0 Å². The minimum Gasteiger partial charge on any atom is -0.487 e. The molecule has 1 amide bonds. The molecule has 0 aromatic heterocycles. The normalized spacial score (nSPS) is 18.3. The predicted molar refractivity (Wildman–Crippen MR) is 104 cm³/mol. The molecule has 2 aromatic rings. The summed E-state index contributed by atoms with van der Waals surface area (Å²) >= 11 is 5.95. The van der Waals surface area contributed by atoms with Crippen LogP contribution in [-0.4, -0.2) is 41.0 Å². The Hall–Kier alpha value is -2.08. The van der Waals surface area contributed by atoms with Gasteiger partial charge in [0.2, 0.25) is 5.91 Å². The summed E-state index contributed by atoms with van der Waals surface area (Å²) < 4.78 is 6.19. The Labute approximate surface area is 163 Å². The van der Waals surface area contributed by atoms with Crippen molar-refractivity contribution in [3.8, 4) is 5.75 Å². The van der Waals surface area contributed by atoms with Crippen LogP contribution in [0.3, 0.4) is 0 Å². The molecule has 0 bridgehead atoms. The first-order valence-corrected chi connectivity index (χ1v) is 9.35. The van der Waals surface area contributed by atoms with Crippen LogP contribution in [0.1, 0.15) is 23.6 Å². The quantitative estimate of drug-likeness (QED) is 0.679. The summed E-state index contributed by atoms with van der Waals surface area (Å²) in [6, 6.07) is 12.9. The first kappa shape index (κ1) is 19.7. The highest BCUT2D eigenvalue weighted by Gasteiger charge is 2.35. The molecule has 0 radical (unpaired) electrons. The van der Waals surface area contributed by atoms with Crippen molar-refractivity contribution in [1.82, 2.24) is 5.32 Å². The zero-order valence-corrected chi connectivity index (χ0v) is 16.0. The maximum Gasteiger partial charge on any atom is 0.224 e. The summed E-state index contributed by atoms with van der Waals surface area (Å²) in [6.45, 7) is 1.51. The second-order valence-electron chi connectivity index (χ2n) is 7.28. The van der Waals surface area contributed by atoms with Gasteiger partial charge in [-0.05, 0) is 41.8 Å². The predicted octanol–water partition coefficient (Wildman–Crippen LogP) is 2.29. The number of benzene rings is 2. The van der Waals surface area contributed by atoms with Crippen LogP contribution >= 0.6 is 11.6 Å². The smallest absolute Gasteiger partial charge is 0.224 e. The first-order valence-electron chi connectivity index (χ1n) is 8.97. The van der Waals surface area contributed by atoms with Gasteiger partial charge in [0.15, 0.2) is 0 Å². The van der Waals surface area contributed by atoms with Crippen molar-refractivity contribution in [1.29, 1.82) is 0 Å². The number of amides is 1. The maximum atomic E-state index is 12.1. The van der Waals surface area contributed by atoms with Gasteiger partial charge in [-0.1, -0.05) is 35.9 Å². The largest absolute Gasteiger partial charge is 0.487 e. The van der Waals surface area contributed by atoms with Gasteiger partial charge in [0.1, 0.15) is 11.4 Å². The van der Waals surface area contributed by atoms with Crippen LogP contribution in [0.4, 0.5) is 0 Å². The molecule has 27 heavy (non-hydrogen) atoms. The van der Waals surface area contributed by atoms with E-state index < -0.39 is 6.04 Å². The van der Waals surface area contributed by atoms with Gasteiger partial charge in [0.05, 0.1) is 25.7 Å². The molecular weight excluding hydrogens is 366 g/mol. The molecule has 1 heterocycles. The molecule has 5 nitrogen and oxygen atoms in total. The molecule has 0 spiro atoms. The second kappa shape index (κ2) is 8.30. The Morgan fingerprint density at radius 3 is 2.52 bits per heavy atom. The summed E-state index contributed by atoms with van der Waals surface area (Å²) in [5.41, 5.74) is 2.78. The number of hydrogen-bond acceptors (Lipinski definition) is 4. The van der Waals surface area contributed by atoms with Crippen molar-refractivity contribution in [2.45, 2.75) is 37.8 Å². The van der Waals surface area contributed by atoms with Crippen LogP contribution in [0.2, 0.25) is 5.02 Å². The molecule has 0 aliphatic carbocycles. The maximum absolute atomic E-state index is 12.1. The van der Waals surface area contributed by atoms with Gasteiger partial charge < -0.3 is 20.3 Å². The van der Waals surface area contributed by atoms with Crippen LogP contribution in [-0.2, 0) is 24.1 Å². The number of aliphatic hydroxyl groups is 2. The summed E-state index contributed by atoms with van der Waals surface area (Å²) in [7, 11) is 0. The Kier molecular flexibility index (Phi) is 6.05. The lowest BCUT2D eigenvalue weighted by molar-refractivity contribution is -0.121. The molecule has 3 N–H and O–H groups in total.